The van der Waals surface area contributed by atoms with Crippen LogP contribution in [0.5, 0.6) is 0 Å². The number of aryl methyl sites for hydroxylation is 1. The molecule has 0 unspecified atom stereocenters. The molecule has 1 saturated heterocycles. The minimum atomic E-state index is -0.524. The average Bonchev–Trinajstić information content (AvgIpc) is 3.37. The molecule has 1 aliphatic rings. The smallest absolute Gasteiger partial charge is 0.346 e. The highest BCUT2D eigenvalue weighted by Crippen LogP contribution is 2.37. The van der Waals surface area contributed by atoms with Crippen LogP contribution in [0.3, 0.4) is 0 Å². The Morgan fingerprint density at radius 3 is 2.69 bits per heavy atom. The first-order valence-electron chi connectivity index (χ1n) is 10.6. The van der Waals surface area contributed by atoms with Gasteiger partial charge in [-0.05, 0) is 54.3 Å². The molecule has 1 aliphatic heterocycles. The monoisotopic (exact) mass is 427 g/mol. The van der Waals surface area contributed by atoms with Gasteiger partial charge in [-0.15, -0.1) is 0 Å². The van der Waals surface area contributed by atoms with Gasteiger partial charge in [0, 0.05) is 24.4 Å². The zero-order valence-electron chi connectivity index (χ0n) is 18.1. The van der Waals surface area contributed by atoms with E-state index in [0.717, 1.165) is 39.9 Å². The van der Waals surface area contributed by atoms with E-state index in [9.17, 15) is 4.79 Å². The first kappa shape index (κ1) is 20.1. The van der Waals surface area contributed by atoms with E-state index in [1.54, 1.807) is 4.52 Å². The molecule has 7 nitrogen and oxygen atoms in total. The number of hydrogen-bond donors (Lipinski definition) is 2. The molecule has 0 aliphatic carbocycles. The fourth-order valence-corrected chi connectivity index (χ4v) is 4.22. The zero-order valence-corrected chi connectivity index (χ0v) is 18.1. The molecule has 0 saturated carbocycles. The first-order valence-corrected chi connectivity index (χ1v) is 10.6. The zero-order chi connectivity index (χ0) is 22.3. The van der Waals surface area contributed by atoms with Crippen molar-refractivity contribution in [2.45, 2.75) is 25.8 Å². The maximum absolute atomic E-state index is 13.2. The number of fused-ring (bicyclic) bond motifs is 1. The average molecular weight is 428 g/mol. The lowest BCUT2D eigenvalue weighted by Crippen LogP contribution is -2.44. The predicted octanol–water partition coefficient (Wildman–Crippen LogP) is 4.98. The lowest BCUT2D eigenvalue weighted by Gasteiger charge is -2.33. The summed E-state index contributed by atoms with van der Waals surface area (Å²) in [5.41, 5.74) is 11.0. The van der Waals surface area contributed by atoms with Crippen LogP contribution in [0.15, 0.2) is 72.9 Å². The van der Waals surface area contributed by atoms with Gasteiger partial charge in [0.05, 0.1) is 17.7 Å². The summed E-state index contributed by atoms with van der Waals surface area (Å²) in [6.45, 7) is 4.50. The number of carbonyl (C=O) groups is 1. The molecule has 4 aromatic rings. The van der Waals surface area contributed by atoms with Crippen molar-refractivity contribution in [3.8, 4) is 11.1 Å². The third-order valence-electron chi connectivity index (χ3n) is 6.13. The number of carbonyl (C=O) groups excluding carboxylic acids is 1. The second-order valence-electron chi connectivity index (χ2n) is 8.33. The normalized spacial score (nSPS) is 18.2. The lowest BCUT2D eigenvalue weighted by molar-refractivity contribution is -0.111. The van der Waals surface area contributed by atoms with E-state index in [0.29, 0.717) is 12.4 Å². The summed E-state index contributed by atoms with van der Waals surface area (Å²) in [6.07, 6.45) is 2.61. The largest absolute Gasteiger partial charge is 0.382 e. The molecule has 1 fully saturated rings. The molecule has 32 heavy (non-hydrogen) atoms. The Balaban J connectivity index is 1.43. The summed E-state index contributed by atoms with van der Waals surface area (Å²) in [6, 6.07) is 21.6. The molecule has 162 valence electrons. The Bertz CT molecular complexity index is 1300. The Kier molecular flexibility index (Phi) is 4.83. The van der Waals surface area contributed by atoms with Crippen LogP contribution in [0.25, 0.3) is 16.6 Å². The van der Waals surface area contributed by atoms with Crippen molar-refractivity contribution in [1.82, 2.24) is 14.7 Å². The van der Waals surface area contributed by atoms with Crippen molar-refractivity contribution in [3.05, 3.63) is 84.1 Å². The van der Waals surface area contributed by atoms with E-state index in [4.69, 9.17) is 10.6 Å². The van der Waals surface area contributed by atoms with Crippen LogP contribution in [0.1, 0.15) is 24.5 Å². The molecule has 3 heterocycles. The van der Waals surface area contributed by atoms with Gasteiger partial charge in [-0.1, -0.05) is 42.5 Å². The van der Waals surface area contributed by atoms with Gasteiger partial charge in [-0.2, -0.15) is 10.2 Å². The lowest BCUT2D eigenvalue weighted by atomic mass is 9.89. The van der Waals surface area contributed by atoms with Gasteiger partial charge in [0.15, 0.2) is 0 Å². The standard InChI is InChI=1S/C25H25N5O2/c1-17-8-9-18(19-10-12-29-21(14-19)16-23(26)28-29)15-22(17)27-24(31)30-25(2,11-13-32-30)20-6-4-3-5-7-20/h3-10,12,14-16H,11,13H2,1-2H3,(H2,26,28)(H,27,31)/t25-/m0/s1. The number of nitrogens with one attached hydrogen (secondary N) is 1. The van der Waals surface area contributed by atoms with Crippen molar-refractivity contribution in [2.24, 2.45) is 0 Å². The number of pyridine rings is 1. The number of urea groups is 1. The molecule has 2 amide bonds. The van der Waals surface area contributed by atoms with E-state index >= 15 is 0 Å². The van der Waals surface area contributed by atoms with Gasteiger partial charge in [-0.25, -0.2) is 9.31 Å². The summed E-state index contributed by atoms with van der Waals surface area (Å²) in [5, 5.41) is 8.74. The fraction of sp³-hybridized carbons (Fsp3) is 0.200. The number of benzene rings is 2. The summed E-state index contributed by atoms with van der Waals surface area (Å²) in [5.74, 6) is 0.478. The maximum atomic E-state index is 13.2. The molecular formula is C25H25N5O2. The number of anilines is 2. The number of nitrogens with zero attached hydrogens (tertiary/aromatic N) is 3. The molecule has 1 atom stereocenters. The van der Waals surface area contributed by atoms with Crippen LogP contribution in [0.4, 0.5) is 16.3 Å². The van der Waals surface area contributed by atoms with E-state index in [1.807, 2.05) is 86.8 Å². The molecule has 2 aromatic heterocycles. The molecule has 5 rings (SSSR count). The van der Waals surface area contributed by atoms with Crippen molar-refractivity contribution in [2.75, 3.05) is 17.7 Å². The Hall–Kier alpha value is -3.84. The molecule has 0 spiro atoms. The Labute approximate surface area is 186 Å². The second-order valence-corrected chi connectivity index (χ2v) is 8.33. The number of nitrogen functional groups attached to an aromatic ring is 1. The number of hydroxylamine groups is 2. The van der Waals surface area contributed by atoms with E-state index in [2.05, 4.69) is 10.4 Å². The van der Waals surface area contributed by atoms with Gasteiger partial charge >= 0.3 is 6.03 Å². The van der Waals surface area contributed by atoms with Crippen LogP contribution < -0.4 is 11.1 Å². The Morgan fingerprint density at radius 1 is 1.09 bits per heavy atom. The second kappa shape index (κ2) is 7.69. The molecule has 3 N–H and O–H groups in total. The van der Waals surface area contributed by atoms with Gasteiger partial charge in [0.2, 0.25) is 0 Å². The number of rotatable bonds is 3. The van der Waals surface area contributed by atoms with E-state index in [-0.39, 0.29) is 6.03 Å². The van der Waals surface area contributed by atoms with Crippen LogP contribution >= 0.6 is 0 Å². The van der Waals surface area contributed by atoms with E-state index in [1.165, 1.54) is 5.06 Å². The van der Waals surface area contributed by atoms with E-state index < -0.39 is 5.54 Å². The first-order chi connectivity index (χ1) is 15.4. The van der Waals surface area contributed by atoms with Crippen LogP contribution in [-0.4, -0.2) is 27.3 Å². The molecular weight excluding hydrogens is 402 g/mol. The fourth-order valence-electron chi connectivity index (χ4n) is 4.22. The van der Waals surface area contributed by atoms with Crippen LogP contribution in [-0.2, 0) is 10.4 Å². The minimum Gasteiger partial charge on any atom is -0.382 e. The maximum Gasteiger partial charge on any atom is 0.346 e. The van der Waals surface area contributed by atoms with Crippen LogP contribution in [0.2, 0.25) is 0 Å². The van der Waals surface area contributed by atoms with Crippen LogP contribution in [0, 0.1) is 6.92 Å². The van der Waals surface area contributed by atoms with Gasteiger partial charge in [0.25, 0.3) is 0 Å². The van der Waals surface area contributed by atoms with Crippen molar-refractivity contribution < 1.29 is 9.63 Å². The summed E-state index contributed by atoms with van der Waals surface area (Å²) >= 11 is 0. The molecule has 7 heteroatoms. The molecule has 2 aromatic carbocycles. The third-order valence-corrected chi connectivity index (χ3v) is 6.13. The predicted molar refractivity (Wildman–Crippen MR) is 125 cm³/mol. The summed E-state index contributed by atoms with van der Waals surface area (Å²) in [7, 11) is 0. The molecule has 0 radical (unpaired) electrons. The minimum absolute atomic E-state index is 0.284. The SMILES string of the molecule is Cc1ccc(-c2ccn3nc(N)cc3c2)cc1NC(=O)N1OCC[C@@]1(C)c1ccccc1. The number of aromatic nitrogens is 2. The quantitative estimate of drug-likeness (QED) is 0.483. The van der Waals surface area contributed by atoms with Gasteiger partial charge in [-0.3, -0.25) is 4.84 Å². The highest BCUT2D eigenvalue weighted by atomic mass is 16.7. The van der Waals surface area contributed by atoms with Gasteiger partial charge in [0.1, 0.15) is 5.82 Å². The van der Waals surface area contributed by atoms with Crippen molar-refractivity contribution in [1.29, 1.82) is 0 Å². The Morgan fingerprint density at radius 2 is 1.88 bits per heavy atom. The molecule has 0 bridgehead atoms. The summed E-state index contributed by atoms with van der Waals surface area (Å²) < 4.78 is 1.74. The van der Waals surface area contributed by atoms with Crippen molar-refractivity contribution >= 4 is 23.1 Å². The number of nitrogens with two attached hydrogens (primary N) is 1. The van der Waals surface area contributed by atoms with Crippen molar-refractivity contribution in [3.63, 3.8) is 0 Å². The topological polar surface area (TPSA) is 84.9 Å². The summed E-state index contributed by atoms with van der Waals surface area (Å²) in [4.78, 5) is 19.0. The number of hydrogen-bond acceptors (Lipinski definition) is 4. The van der Waals surface area contributed by atoms with Gasteiger partial charge < -0.3 is 11.1 Å². The highest BCUT2D eigenvalue weighted by Gasteiger charge is 2.43. The highest BCUT2D eigenvalue weighted by molar-refractivity contribution is 5.91. The number of amides is 2. The third kappa shape index (κ3) is 3.46.